The summed E-state index contributed by atoms with van der Waals surface area (Å²) in [5.74, 6) is -2.31. The predicted octanol–water partition coefficient (Wildman–Crippen LogP) is 2.12. The molecule has 0 aromatic rings. The fourth-order valence-corrected chi connectivity index (χ4v) is 8.50. The lowest BCUT2D eigenvalue weighted by Crippen LogP contribution is -2.67. The zero-order valence-electron chi connectivity index (χ0n) is 22.8. The summed E-state index contributed by atoms with van der Waals surface area (Å²) in [6, 6.07) is 0. The molecule has 7 aliphatic rings. The lowest BCUT2D eigenvalue weighted by atomic mass is 9.51. The molecule has 2 aliphatic carbocycles. The van der Waals surface area contributed by atoms with Gasteiger partial charge in [0.1, 0.15) is 30.0 Å². The van der Waals surface area contributed by atoms with Crippen molar-refractivity contribution in [3.63, 3.8) is 0 Å². The van der Waals surface area contributed by atoms with E-state index in [0.29, 0.717) is 38.9 Å². The largest absolute Gasteiger partial charge is 0.463 e. The summed E-state index contributed by atoms with van der Waals surface area (Å²) >= 11 is 0. The molecule has 5 aliphatic heterocycles. The summed E-state index contributed by atoms with van der Waals surface area (Å²) in [5, 5.41) is 11.5. The molecule has 0 aromatic heterocycles. The van der Waals surface area contributed by atoms with Crippen LogP contribution in [0.25, 0.3) is 0 Å². The number of fused-ring (bicyclic) bond motifs is 1. The third-order valence-electron chi connectivity index (χ3n) is 10.9. The van der Waals surface area contributed by atoms with E-state index in [1.807, 2.05) is 6.92 Å². The highest BCUT2D eigenvalue weighted by Crippen LogP contribution is 2.72. The molecule has 39 heavy (non-hydrogen) atoms. The highest BCUT2D eigenvalue weighted by Gasteiger charge is 2.83. The van der Waals surface area contributed by atoms with Gasteiger partial charge in [-0.15, -0.1) is 0 Å². The fraction of sp³-hybridized carbons (Fsp3) is 0.793. The zero-order valence-corrected chi connectivity index (χ0v) is 22.8. The van der Waals surface area contributed by atoms with E-state index in [0.717, 1.165) is 6.42 Å². The molecule has 10 heteroatoms. The van der Waals surface area contributed by atoms with Gasteiger partial charge >= 0.3 is 11.9 Å². The van der Waals surface area contributed by atoms with Crippen molar-refractivity contribution in [3.8, 4) is 0 Å². The van der Waals surface area contributed by atoms with E-state index in [1.165, 1.54) is 11.6 Å². The van der Waals surface area contributed by atoms with Crippen LogP contribution in [0.2, 0.25) is 0 Å². The number of allylic oxidation sites excluding steroid dienone is 2. The first-order chi connectivity index (χ1) is 18.7. The number of carbonyl (C=O) groups is 2. The van der Waals surface area contributed by atoms with Gasteiger partial charge in [-0.2, -0.15) is 0 Å². The van der Waals surface area contributed by atoms with Gasteiger partial charge in [-0.3, -0.25) is 0 Å². The quantitative estimate of drug-likeness (QED) is 0.313. The van der Waals surface area contributed by atoms with Crippen LogP contribution in [0.3, 0.4) is 0 Å². The lowest BCUT2D eigenvalue weighted by Gasteiger charge is -2.58. The number of carbonyl (C=O) groups excluding carboxylic acids is 2. The molecule has 10 nitrogen and oxygen atoms in total. The molecule has 5 fully saturated rings. The number of hydrogen-bond donors (Lipinski definition) is 1. The Labute approximate surface area is 227 Å². The molecule has 214 valence electrons. The van der Waals surface area contributed by atoms with Crippen LogP contribution in [0, 0.1) is 10.8 Å². The van der Waals surface area contributed by atoms with Gasteiger partial charge in [0.05, 0.1) is 30.8 Å². The maximum absolute atomic E-state index is 13.6. The van der Waals surface area contributed by atoms with Gasteiger partial charge in [0.25, 0.3) is 0 Å². The van der Waals surface area contributed by atoms with E-state index in [2.05, 4.69) is 19.9 Å². The van der Waals surface area contributed by atoms with Crippen molar-refractivity contribution < 1.29 is 47.9 Å². The highest BCUT2D eigenvalue weighted by atomic mass is 16.7. The second-order valence-corrected chi connectivity index (χ2v) is 12.5. The Bertz CT molecular complexity index is 1130. The topological polar surface area (TPSA) is 126 Å². The van der Waals surface area contributed by atoms with E-state index >= 15 is 0 Å². The standard InChI is InChI=1S/C29H38O10/c1-4-34-29-9-6-5-7-21(30)38-18-14-20-28(16-36-28)25(18,3)26(10-8-17(2)13-19(26)37-20)15-33-23(31)22-27(39-22,24(29)32)11-12-35-29/h5,7,13,18-20,22,24,32H,4,6,8-12,14-16H2,1-3H3/t18-,19-,20-,22-,24-,25-,26-,27+,28+,29+/m1/s1. The Morgan fingerprint density at radius 1 is 1.13 bits per heavy atom. The summed E-state index contributed by atoms with van der Waals surface area (Å²) in [4.78, 5) is 26.7. The van der Waals surface area contributed by atoms with Crippen LogP contribution in [0.5, 0.6) is 0 Å². The number of aliphatic hydroxyl groups excluding tert-OH is 1. The monoisotopic (exact) mass is 546 g/mol. The van der Waals surface area contributed by atoms with Crippen molar-refractivity contribution in [2.75, 3.05) is 26.4 Å². The van der Waals surface area contributed by atoms with Crippen molar-refractivity contribution in [3.05, 3.63) is 23.8 Å². The number of epoxide rings is 2. The maximum atomic E-state index is 13.6. The van der Waals surface area contributed by atoms with Gasteiger partial charge in [0, 0.05) is 37.4 Å². The zero-order chi connectivity index (χ0) is 27.3. The number of rotatable bonds is 2. The van der Waals surface area contributed by atoms with E-state index in [4.69, 9.17) is 33.2 Å². The van der Waals surface area contributed by atoms with Crippen LogP contribution in [0.15, 0.2) is 23.8 Å². The third kappa shape index (κ3) is 3.36. The van der Waals surface area contributed by atoms with Crippen molar-refractivity contribution in [2.24, 2.45) is 10.8 Å². The van der Waals surface area contributed by atoms with Gasteiger partial charge in [0.15, 0.2) is 11.9 Å². The first-order valence-electron chi connectivity index (χ1n) is 14.3. The van der Waals surface area contributed by atoms with Gasteiger partial charge in [-0.05, 0) is 33.1 Å². The van der Waals surface area contributed by atoms with Crippen molar-refractivity contribution in [2.45, 2.75) is 107 Å². The summed E-state index contributed by atoms with van der Waals surface area (Å²) in [6.45, 7) is 7.17. The molecule has 0 aromatic carbocycles. The smallest absolute Gasteiger partial charge is 0.338 e. The van der Waals surface area contributed by atoms with E-state index in [1.54, 1.807) is 6.08 Å². The highest BCUT2D eigenvalue weighted by molar-refractivity contribution is 5.82. The molecule has 0 amide bonds. The van der Waals surface area contributed by atoms with Crippen molar-refractivity contribution >= 4 is 11.9 Å². The fourth-order valence-electron chi connectivity index (χ4n) is 8.50. The van der Waals surface area contributed by atoms with Crippen molar-refractivity contribution in [1.82, 2.24) is 0 Å². The number of hydrogen-bond acceptors (Lipinski definition) is 10. The Morgan fingerprint density at radius 2 is 1.95 bits per heavy atom. The summed E-state index contributed by atoms with van der Waals surface area (Å²) in [7, 11) is 0. The molecule has 0 unspecified atom stereocenters. The van der Waals surface area contributed by atoms with Crippen LogP contribution in [-0.4, -0.2) is 91.0 Å². The summed E-state index contributed by atoms with van der Waals surface area (Å²) < 4.78 is 42.9. The van der Waals surface area contributed by atoms with Crippen LogP contribution in [0.4, 0.5) is 0 Å². The molecule has 7 rings (SSSR count). The first-order valence-corrected chi connectivity index (χ1v) is 14.3. The molecule has 0 radical (unpaired) electrons. The molecular formula is C29H38O10. The molecule has 5 heterocycles. The third-order valence-corrected chi connectivity index (χ3v) is 10.9. The molecule has 10 atom stereocenters. The summed E-state index contributed by atoms with van der Waals surface area (Å²) in [6.07, 6.45) is 5.26. The lowest BCUT2D eigenvalue weighted by molar-refractivity contribution is -0.316. The molecule has 3 spiro atoms. The Kier molecular flexibility index (Phi) is 5.75. The molecule has 4 saturated heterocycles. The Hall–Kier alpha value is -1.82. The average molecular weight is 547 g/mol. The van der Waals surface area contributed by atoms with Gasteiger partial charge in [-0.25, -0.2) is 9.59 Å². The number of cyclic esters (lactones) is 1. The Balaban J connectivity index is 1.28. The SMILES string of the molecule is CCO[C@@]12CCC=CC(=O)O[C@@H]3C[C@H]4O[C@@H]5C=C(C)CC[C@]5(COC(=O)[C@H]5O[C@]5(CCO1)[C@H]2O)[C@]3(C)[C@]41CO1. The van der Waals surface area contributed by atoms with E-state index in [-0.39, 0.29) is 31.8 Å². The minimum absolute atomic E-state index is 0.0671. The van der Waals surface area contributed by atoms with E-state index < -0.39 is 58.1 Å². The first kappa shape index (κ1) is 26.1. The van der Waals surface area contributed by atoms with Gasteiger partial charge in [0.2, 0.25) is 0 Å². The van der Waals surface area contributed by atoms with Crippen LogP contribution in [-0.2, 0) is 42.7 Å². The minimum atomic E-state index is -1.35. The second kappa shape index (κ2) is 8.59. The van der Waals surface area contributed by atoms with Crippen LogP contribution >= 0.6 is 0 Å². The van der Waals surface area contributed by atoms with Crippen molar-refractivity contribution in [1.29, 1.82) is 0 Å². The maximum Gasteiger partial charge on any atom is 0.338 e. The second-order valence-electron chi connectivity index (χ2n) is 12.5. The predicted molar refractivity (Wildman–Crippen MR) is 133 cm³/mol. The van der Waals surface area contributed by atoms with Gasteiger partial charge < -0.3 is 38.3 Å². The number of ether oxygens (including phenoxy) is 7. The summed E-state index contributed by atoms with van der Waals surface area (Å²) in [5.41, 5.74) is -1.78. The van der Waals surface area contributed by atoms with Crippen LogP contribution in [0.1, 0.15) is 59.3 Å². The number of esters is 2. The average Bonchev–Trinajstić information content (AvgIpc) is 3.82. The van der Waals surface area contributed by atoms with Crippen LogP contribution < -0.4 is 0 Å². The molecule has 1 N–H and O–H groups in total. The van der Waals surface area contributed by atoms with Gasteiger partial charge in [-0.1, -0.05) is 24.6 Å². The molecule has 4 bridgehead atoms. The molecular weight excluding hydrogens is 508 g/mol. The van der Waals surface area contributed by atoms with E-state index in [9.17, 15) is 14.7 Å². The molecule has 1 saturated carbocycles. The number of aliphatic hydroxyl groups is 1. The Morgan fingerprint density at radius 3 is 2.72 bits per heavy atom. The minimum Gasteiger partial charge on any atom is -0.463 e. The normalized spacial score (nSPS) is 52.3.